The normalized spacial score (nSPS) is 16.6. The molecular formula is C29H28N2O6. The minimum Gasteiger partial charge on any atom is -0.507 e. The Kier molecular flexibility index (Phi) is 7.38. The number of amides is 1. The minimum atomic E-state index is -0.947. The summed E-state index contributed by atoms with van der Waals surface area (Å²) in [5.41, 5.74) is 3.13. The molecule has 1 aliphatic rings. The summed E-state index contributed by atoms with van der Waals surface area (Å²) in [6, 6.07) is 12.3. The summed E-state index contributed by atoms with van der Waals surface area (Å²) in [6.45, 7) is 5.91. The Bertz CT molecular complexity index is 1380. The zero-order valence-corrected chi connectivity index (χ0v) is 21.1. The van der Waals surface area contributed by atoms with Gasteiger partial charge < -0.3 is 14.6 Å². The van der Waals surface area contributed by atoms with E-state index in [4.69, 9.17) is 9.47 Å². The summed E-state index contributed by atoms with van der Waals surface area (Å²) < 4.78 is 10.7. The first kappa shape index (κ1) is 25.6. The van der Waals surface area contributed by atoms with Crippen molar-refractivity contribution in [1.29, 1.82) is 0 Å². The molecule has 8 nitrogen and oxygen atoms in total. The highest BCUT2D eigenvalue weighted by atomic mass is 16.5. The number of hydrogen-bond acceptors (Lipinski definition) is 7. The summed E-state index contributed by atoms with van der Waals surface area (Å²) in [5, 5.41) is 11.5. The van der Waals surface area contributed by atoms with E-state index in [1.54, 1.807) is 54.9 Å². The second-order valence-electron chi connectivity index (χ2n) is 8.80. The number of benzene rings is 2. The van der Waals surface area contributed by atoms with Crippen molar-refractivity contribution in [3.05, 3.63) is 94.3 Å². The average molecular weight is 501 g/mol. The van der Waals surface area contributed by atoms with Crippen molar-refractivity contribution in [1.82, 2.24) is 4.98 Å². The van der Waals surface area contributed by atoms with Crippen LogP contribution in [0.4, 0.5) is 5.69 Å². The number of aliphatic hydroxyl groups is 1. The van der Waals surface area contributed by atoms with Crippen LogP contribution in [-0.2, 0) is 14.3 Å². The number of ether oxygens (including phenoxy) is 2. The van der Waals surface area contributed by atoms with Crippen molar-refractivity contribution in [2.75, 3.05) is 18.6 Å². The molecule has 0 spiro atoms. The molecule has 1 atom stereocenters. The van der Waals surface area contributed by atoms with E-state index in [0.29, 0.717) is 41.2 Å². The third kappa shape index (κ3) is 4.82. The van der Waals surface area contributed by atoms with E-state index in [2.05, 4.69) is 4.98 Å². The average Bonchev–Trinajstić information content (AvgIpc) is 3.17. The molecule has 0 radical (unpaired) electrons. The van der Waals surface area contributed by atoms with Gasteiger partial charge in [-0.2, -0.15) is 0 Å². The largest absolute Gasteiger partial charge is 0.507 e. The van der Waals surface area contributed by atoms with Crippen LogP contribution in [0.25, 0.3) is 5.76 Å². The van der Waals surface area contributed by atoms with Crippen LogP contribution in [0.3, 0.4) is 0 Å². The monoisotopic (exact) mass is 500 g/mol. The van der Waals surface area contributed by atoms with Gasteiger partial charge in [-0.1, -0.05) is 19.1 Å². The maximum Gasteiger partial charge on any atom is 0.338 e. The number of ketones is 1. The molecule has 2 heterocycles. The van der Waals surface area contributed by atoms with Gasteiger partial charge in [0, 0.05) is 18.1 Å². The number of carbonyl (C=O) groups excluding carboxylic acids is 3. The molecule has 1 amide bonds. The number of nitrogens with zero attached hydrogens (tertiary/aromatic N) is 2. The predicted molar refractivity (Wildman–Crippen MR) is 139 cm³/mol. The molecule has 4 rings (SSSR count). The van der Waals surface area contributed by atoms with Gasteiger partial charge in [0.25, 0.3) is 11.7 Å². The van der Waals surface area contributed by atoms with Gasteiger partial charge >= 0.3 is 5.97 Å². The lowest BCUT2D eigenvalue weighted by Gasteiger charge is -2.25. The topological polar surface area (TPSA) is 106 Å². The van der Waals surface area contributed by atoms with Crippen molar-refractivity contribution in [2.24, 2.45) is 0 Å². The van der Waals surface area contributed by atoms with Crippen molar-refractivity contribution < 1.29 is 29.0 Å². The molecule has 0 bridgehead atoms. The van der Waals surface area contributed by atoms with E-state index in [0.717, 1.165) is 11.1 Å². The van der Waals surface area contributed by atoms with E-state index < -0.39 is 23.7 Å². The molecule has 37 heavy (non-hydrogen) atoms. The standard InChI is InChI=1S/C29H28N2O6/c1-5-13-37-29(35)19-8-10-21(11-9-19)31-24(20-7-6-12-30-16-20)23(26(33)28(31)34)25(32)22-15-17(2)14-18(3)27(22)36-4/h6-12,14-16,24,32H,5,13H2,1-4H3/b25-23+. The third-order valence-electron chi connectivity index (χ3n) is 6.14. The number of aryl methyl sites for hydroxylation is 2. The van der Waals surface area contributed by atoms with Crippen molar-refractivity contribution in [3.8, 4) is 5.75 Å². The molecule has 1 saturated heterocycles. The molecule has 1 unspecified atom stereocenters. The minimum absolute atomic E-state index is 0.0762. The molecule has 0 saturated carbocycles. The third-order valence-corrected chi connectivity index (χ3v) is 6.14. The summed E-state index contributed by atoms with van der Waals surface area (Å²) >= 11 is 0. The summed E-state index contributed by atoms with van der Waals surface area (Å²) in [7, 11) is 1.48. The van der Waals surface area contributed by atoms with Gasteiger partial charge in [-0.3, -0.25) is 19.5 Å². The van der Waals surface area contributed by atoms with Crippen molar-refractivity contribution in [3.63, 3.8) is 0 Å². The van der Waals surface area contributed by atoms with E-state index in [9.17, 15) is 19.5 Å². The predicted octanol–water partition coefficient (Wildman–Crippen LogP) is 4.90. The second kappa shape index (κ2) is 10.7. The van der Waals surface area contributed by atoms with Crippen LogP contribution in [0.15, 0.2) is 66.5 Å². The first-order chi connectivity index (χ1) is 17.8. The van der Waals surface area contributed by atoms with Gasteiger partial charge in [0.1, 0.15) is 11.5 Å². The summed E-state index contributed by atoms with van der Waals surface area (Å²) in [6.07, 6.45) is 3.83. The number of anilines is 1. The van der Waals surface area contributed by atoms with Crippen molar-refractivity contribution in [2.45, 2.75) is 33.2 Å². The van der Waals surface area contributed by atoms with Crippen molar-refractivity contribution >= 4 is 29.1 Å². The zero-order chi connectivity index (χ0) is 26.7. The van der Waals surface area contributed by atoms with Crippen LogP contribution in [0.5, 0.6) is 5.75 Å². The van der Waals surface area contributed by atoms with Gasteiger partial charge in [-0.15, -0.1) is 0 Å². The molecule has 1 N–H and O–H groups in total. The lowest BCUT2D eigenvalue weighted by molar-refractivity contribution is -0.132. The quantitative estimate of drug-likeness (QED) is 0.213. The number of carbonyl (C=O) groups is 3. The Morgan fingerprint density at radius 1 is 1.11 bits per heavy atom. The summed E-state index contributed by atoms with van der Waals surface area (Å²) in [4.78, 5) is 44.5. The van der Waals surface area contributed by atoms with Gasteiger partial charge in [-0.05, 0) is 73.4 Å². The lowest BCUT2D eigenvalue weighted by Crippen LogP contribution is -2.29. The maximum atomic E-state index is 13.4. The molecule has 3 aromatic rings. The SMILES string of the molecule is CCCOC(=O)c1ccc(N2C(=O)C(=O)/C(=C(/O)c3cc(C)cc(C)c3OC)C2c2cccnc2)cc1. The van der Waals surface area contributed by atoms with Crippen LogP contribution in [0.1, 0.15) is 52.0 Å². The van der Waals surface area contributed by atoms with Crippen LogP contribution < -0.4 is 9.64 Å². The van der Waals surface area contributed by atoms with Crippen LogP contribution in [0, 0.1) is 13.8 Å². The lowest BCUT2D eigenvalue weighted by atomic mass is 9.94. The fraction of sp³-hybridized carbons (Fsp3) is 0.241. The smallest absolute Gasteiger partial charge is 0.338 e. The molecule has 8 heteroatoms. The number of pyridine rings is 1. The van der Waals surface area contributed by atoms with Gasteiger partial charge in [0.15, 0.2) is 0 Å². The molecule has 190 valence electrons. The van der Waals surface area contributed by atoms with Crippen LogP contribution >= 0.6 is 0 Å². The van der Waals surface area contributed by atoms with Crippen LogP contribution in [-0.4, -0.2) is 41.5 Å². The Hall–Kier alpha value is -4.46. The van der Waals surface area contributed by atoms with Gasteiger partial charge in [0.2, 0.25) is 0 Å². The Balaban J connectivity index is 1.87. The number of methoxy groups -OCH3 is 1. The first-order valence-electron chi connectivity index (χ1n) is 11.9. The fourth-order valence-electron chi connectivity index (χ4n) is 4.53. The summed E-state index contributed by atoms with van der Waals surface area (Å²) in [5.74, 6) is -2.03. The molecule has 2 aromatic carbocycles. The fourth-order valence-corrected chi connectivity index (χ4v) is 4.53. The second-order valence-corrected chi connectivity index (χ2v) is 8.80. The number of rotatable bonds is 7. The molecule has 1 aromatic heterocycles. The molecular weight excluding hydrogens is 472 g/mol. The van der Waals surface area contributed by atoms with Crippen LogP contribution in [0.2, 0.25) is 0 Å². The number of aliphatic hydroxyl groups excluding tert-OH is 1. The van der Waals surface area contributed by atoms with E-state index in [-0.39, 0.29) is 11.3 Å². The number of esters is 1. The Morgan fingerprint density at radius 3 is 2.46 bits per heavy atom. The molecule has 1 fully saturated rings. The number of aromatic nitrogens is 1. The van der Waals surface area contributed by atoms with E-state index in [1.165, 1.54) is 12.0 Å². The molecule has 1 aliphatic heterocycles. The maximum absolute atomic E-state index is 13.4. The first-order valence-corrected chi connectivity index (χ1v) is 11.9. The highest BCUT2D eigenvalue weighted by molar-refractivity contribution is 6.51. The highest BCUT2D eigenvalue weighted by Gasteiger charge is 2.47. The molecule has 0 aliphatic carbocycles. The Morgan fingerprint density at radius 2 is 1.84 bits per heavy atom. The highest BCUT2D eigenvalue weighted by Crippen LogP contribution is 2.43. The number of hydrogen-bond donors (Lipinski definition) is 1. The van der Waals surface area contributed by atoms with Gasteiger partial charge in [-0.25, -0.2) is 4.79 Å². The van der Waals surface area contributed by atoms with Gasteiger partial charge in [0.05, 0.1) is 36.5 Å². The Labute approximate surface area is 215 Å². The van der Waals surface area contributed by atoms with E-state index >= 15 is 0 Å². The zero-order valence-electron chi connectivity index (χ0n) is 21.1. The van der Waals surface area contributed by atoms with E-state index in [1.807, 2.05) is 26.8 Å². The number of Topliss-reactive ketones (excluding diaryl/α,β-unsaturated/α-hetero) is 1.